The highest BCUT2D eigenvalue weighted by atomic mass is 35.5. The second kappa shape index (κ2) is 3.35. The van der Waals surface area contributed by atoms with Crippen LogP contribution in [0.25, 0.3) is 0 Å². The molecule has 3 heterocycles. The predicted molar refractivity (Wildman–Crippen MR) is 61.0 cm³/mol. The second-order valence-electron chi connectivity index (χ2n) is 4.54. The summed E-state index contributed by atoms with van der Waals surface area (Å²) in [5, 5.41) is 4.02. The summed E-state index contributed by atoms with van der Waals surface area (Å²) < 4.78 is 0. The van der Waals surface area contributed by atoms with Crippen LogP contribution in [-0.2, 0) is 0 Å². The van der Waals surface area contributed by atoms with Crippen LogP contribution in [0.5, 0.6) is 0 Å². The van der Waals surface area contributed by atoms with E-state index in [2.05, 4.69) is 10.3 Å². The highest BCUT2D eigenvalue weighted by molar-refractivity contribution is 6.31. The molecule has 80 valence electrons. The van der Waals surface area contributed by atoms with Gasteiger partial charge < -0.3 is 11.1 Å². The van der Waals surface area contributed by atoms with Crippen molar-refractivity contribution in [3.8, 4) is 0 Å². The minimum Gasteiger partial charge on any atom is -0.396 e. The van der Waals surface area contributed by atoms with Gasteiger partial charge in [-0.15, -0.1) is 0 Å². The zero-order valence-corrected chi connectivity index (χ0v) is 9.17. The predicted octanol–water partition coefficient (Wildman–Crippen LogP) is 1.93. The molecule has 4 heteroatoms. The highest BCUT2D eigenvalue weighted by Gasteiger charge is 2.39. The SMILES string of the molecule is Nc1cc(C2CC3CCC2N3)cnc1Cl. The van der Waals surface area contributed by atoms with Gasteiger partial charge in [0, 0.05) is 24.2 Å². The number of nitrogens with two attached hydrogens (primary N) is 1. The van der Waals surface area contributed by atoms with Crippen molar-refractivity contribution in [1.82, 2.24) is 10.3 Å². The van der Waals surface area contributed by atoms with E-state index in [0.29, 0.717) is 28.8 Å². The van der Waals surface area contributed by atoms with E-state index in [1.54, 1.807) is 0 Å². The standard InChI is InChI=1S/C11H14ClN3/c12-11-9(13)3-6(5-14-11)8-4-7-1-2-10(8)15-7/h3,5,7-8,10,15H,1-2,4,13H2. The average molecular weight is 224 g/mol. The zero-order valence-electron chi connectivity index (χ0n) is 8.41. The average Bonchev–Trinajstić information content (AvgIpc) is 2.83. The Labute approximate surface area is 94.0 Å². The van der Waals surface area contributed by atoms with Crippen molar-refractivity contribution >= 4 is 17.3 Å². The monoisotopic (exact) mass is 223 g/mol. The number of aromatic nitrogens is 1. The number of hydrogen-bond acceptors (Lipinski definition) is 3. The number of hydrogen-bond donors (Lipinski definition) is 2. The first-order valence-electron chi connectivity index (χ1n) is 5.41. The minimum absolute atomic E-state index is 0.412. The molecule has 2 aliphatic heterocycles. The summed E-state index contributed by atoms with van der Waals surface area (Å²) >= 11 is 5.81. The third-order valence-electron chi connectivity index (χ3n) is 3.62. The number of halogens is 1. The van der Waals surface area contributed by atoms with Gasteiger partial charge in [0.2, 0.25) is 0 Å². The third kappa shape index (κ3) is 1.50. The zero-order chi connectivity index (χ0) is 10.4. The number of nitrogen functional groups attached to an aromatic ring is 1. The minimum atomic E-state index is 0.412. The van der Waals surface area contributed by atoms with Crippen molar-refractivity contribution in [2.24, 2.45) is 0 Å². The molecule has 2 aliphatic rings. The van der Waals surface area contributed by atoms with E-state index in [1.165, 1.54) is 24.8 Å². The lowest BCUT2D eigenvalue weighted by molar-refractivity contribution is 0.505. The topological polar surface area (TPSA) is 50.9 Å². The lowest BCUT2D eigenvalue weighted by atomic mass is 9.84. The Morgan fingerprint density at radius 3 is 2.93 bits per heavy atom. The summed E-state index contributed by atoms with van der Waals surface area (Å²) in [4.78, 5) is 4.12. The maximum absolute atomic E-state index is 5.81. The smallest absolute Gasteiger partial charge is 0.151 e. The molecule has 15 heavy (non-hydrogen) atoms. The number of nitrogens with one attached hydrogen (secondary N) is 1. The Hall–Kier alpha value is -0.800. The number of pyridine rings is 1. The first kappa shape index (κ1) is 9.43. The molecule has 2 fully saturated rings. The van der Waals surface area contributed by atoms with Gasteiger partial charge in [0.25, 0.3) is 0 Å². The fourth-order valence-electron chi connectivity index (χ4n) is 2.88. The van der Waals surface area contributed by atoms with Crippen LogP contribution in [0.4, 0.5) is 5.69 Å². The van der Waals surface area contributed by atoms with E-state index in [1.807, 2.05) is 12.3 Å². The maximum Gasteiger partial charge on any atom is 0.151 e. The molecule has 0 amide bonds. The summed E-state index contributed by atoms with van der Waals surface area (Å²) in [6.07, 6.45) is 5.68. The van der Waals surface area contributed by atoms with Crippen LogP contribution < -0.4 is 11.1 Å². The van der Waals surface area contributed by atoms with Gasteiger partial charge in [-0.3, -0.25) is 0 Å². The number of anilines is 1. The molecule has 1 aromatic rings. The molecule has 0 radical (unpaired) electrons. The lowest BCUT2D eigenvalue weighted by Gasteiger charge is -2.20. The fourth-order valence-corrected chi connectivity index (χ4v) is 2.98. The summed E-state index contributed by atoms with van der Waals surface area (Å²) in [5.41, 5.74) is 7.60. The summed E-state index contributed by atoms with van der Waals surface area (Å²) in [7, 11) is 0. The second-order valence-corrected chi connectivity index (χ2v) is 4.90. The molecule has 0 aromatic carbocycles. The van der Waals surface area contributed by atoms with E-state index in [0.717, 1.165) is 0 Å². The summed E-state index contributed by atoms with van der Waals surface area (Å²) in [6, 6.07) is 3.30. The van der Waals surface area contributed by atoms with Crippen molar-refractivity contribution in [1.29, 1.82) is 0 Å². The largest absolute Gasteiger partial charge is 0.396 e. The van der Waals surface area contributed by atoms with Gasteiger partial charge in [-0.05, 0) is 30.9 Å². The van der Waals surface area contributed by atoms with Gasteiger partial charge >= 0.3 is 0 Å². The molecule has 2 bridgehead atoms. The quantitative estimate of drug-likeness (QED) is 0.716. The number of rotatable bonds is 1. The maximum atomic E-state index is 5.81. The van der Waals surface area contributed by atoms with Crippen molar-refractivity contribution in [3.05, 3.63) is 23.0 Å². The lowest BCUT2D eigenvalue weighted by Crippen LogP contribution is -2.21. The van der Waals surface area contributed by atoms with Gasteiger partial charge in [0.05, 0.1) is 5.69 Å². The summed E-state index contributed by atoms with van der Waals surface area (Å²) in [6.45, 7) is 0. The molecular formula is C11H14ClN3. The Kier molecular flexibility index (Phi) is 2.11. The number of nitrogens with zero attached hydrogens (tertiary/aromatic N) is 1. The van der Waals surface area contributed by atoms with Crippen molar-refractivity contribution in [2.45, 2.75) is 37.3 Å². The van der Waals surface area contributed by atoms with Gasteiger partial charge in [0.15, 0.2) is 5.15 Å². The first-order chi connectivity index (χ1) is 7.24. The Morgan fingerprint density at radius 1 is 1.47 bits per heavy atom. The van der Waals surface area contributed by atoms with Gasteiger partial charge in [-0.1, -0.05) is 11.6 Å². The Bertz CT molecular complexity index is 393. The van der Waals surface area contributed by atoms with Gasteiger partial charge in [0.1, 0.15) is 0 Å². The van der Waals surface area contributed by atoms with E-state index in [4.69, 9.17) is 17.3 Å². The Balaban J connectivity index is 1.90. The molecule has 0 aliphatic carbocycles. The molecule has 1 aromatic heterocycles. The van der Waals surface area contributed by atoms with E-state index in [9.17, 15) is 0 Å². The summed E-state index contributed by atoms with van der Waals surface area (Å²) in [5.74, 6) is 0.579. The molecule has 0 spiro atoms. The molecule has 3 unspecified atom stereocenters. The van der Waals surface area contributed by atoms with Crippen LogP contribution in [0.2, 0.25) is 5.15 Å². The molecule has 3 atom stereocenters. The van der Waals surface area contributed by atoms with Crippen LogP contribution in [0, 0.1) is 0 Å². The molecule has 3 rings (SSSR count). The van der Waals surface area contributed by atoms with Crippen molar-refractivity contribution in [2.75, 3.05) is 5.73 Å². The first-order valence-corrected chi connectivity index (χ1v) is 5.79. The molecular weight excluding hydrogens is 210 g/mol. The fraction of sp³-hybridized carbons (Fsp3) is 0.545. The van der Waals surface area contributed by atoms with Crippen LogP contribution in [-0.4, -0.2) is 17.1 Å². The van der Waals surface area contributed by atoms with E-state index >= 15 is 0 Å². The van der Waals surface area contributed by atoms with Crippen LogP contribution >= 0.6 is 11.6 Å². The normalized spacial score (nSPS) is 33.5. The van der Waals surface area contributed by atoms with Crippen molar-refractivity contribution < 1.29 is 0 Å². The molecule has 3 N–H and O–H groups in total. The van der Waals surface area contributed by atoms with Crippen LogP contribution in [0.1, 0.15) is 30.7 Å². The highest BCUT2D eigenvalue weighted by Crippen LogP contribution is 2.40. The van der Waals surface area contributed by atoms with Crippen LogP contribution in [0.15, 0.2) is 12.3 Å². The third-order valence-corrected chi connectivity index (χ3v) is 3.93. The Morgan fingerprint density at radius 2 is 2.33 bits per heavy atom. The van der Waals surface area contributed by atoms with Gasteiger partial charge in [-0.2, -0.15) is 0 Å². The molecule has 2 saturated heterocycles. The van der Waals surface area contributed by atoms with E-state index < -0.39 is 0 Å². The molecule has 0 saturated carbocycles. The van der Waals surface area contributed by atoms with Crippen LogP contribution in [0.3, 0.4) is 0 Å². The number of fused-ring (bicyclic) bond motifs is 2. The van der Waals surface area contributed by atoms with Gasteiger partial charge in [-0.25, -0.2) is 4.98 Å². The van der Waals surface area contributed by atoms with Crippen molar-refractivity contribution in [3.63, 3.8) is 0 Å². The molecule has 3 nitrogen and oxygen atoms in total. The van der Waals surface area contributed by atoms with E-state index in [-0.39, 0.29) is 0 Å².